The number of rotatable bonds is 3. The molecular weight excluding hydrogens is 304 g/mol. The van der Waals surface area contributed by atoms with E-state index in [1.807, 2.05) is 55.5 Å². The number of hydrogen-bond acceptors (Lipinski definition) is 5. The van der Waals surface area contributed by atoms with Crippen LogP contribution in [0.2, 0.25) is 0 Å². The summed E-state index contributed by atoms with van der Waals surface area (Å²) >= 11 is 0. The lowest BCUT2D eigenvalue weighted by Crippen LogP contribution is -2.52. The van der Waals surface area contributed by atoms with Crippen LogP contribution in [0, 0.1) is 0 Å². The summed E-state index contributed by atoms with van der Waals surface area (Å²) in [5.41, 5.74) is 1.08. The number of ether oxygens (including phenoxy) is 2. The Balaban J connectivity index is 1.65. The minimum Gasteiger partial charge on any atom is -0.453 e. The van der Waals surface area contributed by atoms with Crippen LogP contribution in [0.3, 0.4) is 0 Å². The summed E-state index contributed by atoms with van der Waals surface area (Å²) in [5.74, 6) is 0.714. The van der Waals surface area contributed by atoms with Gasteiger partial charge >= 0.3 is 5.97 Å². The molecule has 4 rings (SSSR count). The Kier molecular flexibility index (Phi) is 3.73. The summed E-state index contributed by atoms with van der Waals surface area (Å²) in [7, 11) is 0. The summed E-state index contributed by atoms with van der Waals surface area (Å²) in [6.07, 6.45) is -0.353. The number of cyclic esters (lactones) is 1. The highest BCUT2D eigenvalue weighted by molar-refractivity contribution is 5.89. The minimum absolute atomic E-state index is 0.197. The third-order valence-corrected chi connectivity index (χ3v) is 4.91. The predicted octanol–water partition coefficient (Wildman–Crippen LogP) is 2.47. The van der Waals surface area contributed by atoms with E-state index in [4.69, 9.17) is 14.5 Å². The van der Waals surface area contributed by atoms with Gasteiger partial charge in [0.2, 0.25) is 0 Å². The summed E-state index contributed by atoms with van der Waals surface area (Å²) in [5, 5.41) is 0. The molecule has 2 atom stereocenters. The molecule has 2 aliphatic rings. The van der Waals surface area contributed by atoms with Crippen molar-refractivity contribution >= 4 is 11.8 Å². The lowest BCUT2D eigenvalue weighted by atomic mass is 9.72. The Morgan fingerprint density at radius 3 is 2.54 bits per heavy atom. The van der Waals surface area contributed by atoms with E-state index in [1.165, 1.54) is 0 Å². The summed E-state index contributed by atoms with van der Waals surface area (Å²) < 4.78 is 10.9. The zero-order valence-corrected chi connectivity index (χ0v) is 13.6. The highest BCUT2D eigenvalue weighted by Gasteiger charge is 2.57. The second-order valence-corrected chi connectivity index (χ2v) is 6.37. The van der Waals surface area contributed by atoms with Crippen molar-refractivity contribution < 1.29 is 14.3 Å². The maximum Gasteiger partial charge on any atom is 0.321 e. The Morgan fingerprint density at radius 1 is 1.08 bits per heavy atom. The van der Waals surface area contributed by atoms with Crippen LogP contribution >= 0.6 is 0 Å². The van der Waals surface area contributed by atoms with E-state index in [0.29, 0.717) is 13.2 Å². The van der Waals surface area contributed by atoms with Gasteiger partial charge in [-0.15, -0.1) is 0 Å². The van der Waals surface area contributed by atoms with Crippen molar-refractivity contribution in [3.63, 3.8) is 0 Å². The lowest BCUT2D eigenvalue weighted by molar-refractivity contribution is -0.191. The first-order valence-corrected chi connectivity index (χ1v) is 8.26. The van der Waals surface area contributed by atoms with Crippen LogP contribution in [0.5, 0.6) is 0 Å². The van der Waals surface area contributed by atoms with Crippen molar-refractivity contribution in [1.82, 2.24) is 4.98 Å². The van der Waals surface area contributed by atoms with E-state index >= 15 is 0 Å². The smallest absolute Gasteiger partial charge is 0.321 e. The Labute approximate surface area is 141 Å². The van der Waals surface area contributed by atoms with E-state index in [9.17, 15) is 4.79 Å². The number of benzene rings is 1. The molecule has 0 spiro atoms. The van der Waals surface area contributed by atoms with Crippen molar-refractivity contribution in [2.45, 2.75) is 18.4 Å². The topological polar surface area (TPSA) is 51.7 Å². The molecule has 0 amide bonds. The van der Waals surface area contributed by atoms with Gasteiger partial charge in [0.1, 0.15) is 11.2 Å². The highest BCUT2D eigenvalue weighted by Crippen LogP contribution is 2.48. The van der Waals surface area contributed by atoms with E-state index in [1.54, 1.807) is 0 Å². The Hall–Kier alpha value is -2.40. The highest BCUT2D eigenvalue weighted by atomic mass is 16.6. The molecule has 0 saturated carbocycles. The first-order chi connectivity index (χ1) is 11.7. The molecule has 5 nitrogen and oxygen atoms in total. The second kappa shape index (κ2) is 5.91. The van der Waals surface area contributed by atoms with Crippen LogP contribution in [0.25, 0.3) is 0 Å². The van der Waals surface area contributed by atoms with Crippen molar-refractivity contribution in [2.24, 2.45) is 0 Å². The molecule has 2 fully saturated rings. The standard InChI is InChI=1S/C19H20N2O3/c1-19(14-6-3-2-4-7-14)17(24-18(19)22)15-8-5-9-16(20-15)21-10-12-23-13-11-21/h2-9,17H,10-13H2,1H3/t17-,19+/m1/s1. The fourth-order valence-corrected chi connectivity index (χ4v) is 3.36. The molecule has 24 heavy (non-hydrogen) atoms. The first-order valence-electron chi connectivity index (χ1n) is 8.26. The molecule has 5 heteroatoms. The molecule has 0 radical (unpaired) electrons. The van der Waals surface area contributed by atoms with E-state index in [-0.39, 0.29) is 12.1 Å². The third kappa shape index (κ3) is 2.36. The molecule has 2 aliphatic heterocycles. The average Bonchev–Trinajstić information content (AvgIpc) is 2.67. The maximum absolute atomic E-state index is 12.2. The molecule has 124 valence electrons. The third-order valence-electron chi connectivity index (χ3n) is 4.91. The minimum atomic E-state index is -0.683. The molecule has 0 aliphatic carbocycles. The lowest BCUT2D eigenvalue weighted by Gasteiger charge is -2.44. The van der Waals surface area contributed by atoms with Crippen LogP contribution in [0.1, 0.15) is 24.3 Å². The maximum atomic E-state index is 12.2. The van der Waals surface area contributed by atoms with Gasteiger partial charge in [-0.2, -0.15) is 0 Å². The number of esters is 1. The fraction of sp³-hybridized carbons (Fsp3) is 0.368. The Morgan fingerprint density at radius 2 is 1.83 bits per heavy atom. The van der Waals surface area contributed by atoms with Crippen molar-refractivity contribution in [1.29, 1.82) is 0 Å². The van der Waals surface area contributed by atoms with Crippen molar-refractivity contribution in [3.05, 3.63) is 59.8 Å². The summed E-state index contributed by atoms with van der Waals surface area (Å²) in [6, 6.07) is 15.7. The molecule has 2 saturated heterocycles. The molecule has 1 aromatic heterocycles. The first kappa shape index (κ1) is 15.1. The Bertz CT molecular complexity index is 743. The quantitative estimate of drug-likeness (QED) is 0.812. The van der Waals surface area contributed by atoms with Gasteiger partial charge in [-0.3, -0.25) is 4.79 Å². The monoisotopic (exact) mass is 324 g/mol. The van der Waals surface area contributed by atoms with E-state index in [0.717, 1.165) is 30.2 Å². The van der Waals surface area contributed by atoms with Crippen LogP contribution in [0.15, 0.2) is 48.5 Å². The van der Waals surface area contributed by atoms with Gasteiger partial charge in [-0.05, 0) is 24.6 Å². The number of carbonyl (C=O) groups excluding carboxylic acids is 1. The SMILES string of the molecule is C[C@@]1(c2ccccc2)C(=O)O[C@@H]1c1cccc(N2CCOCC2)n1. The van der Waals surface area contributed by atoms with Crippen LogP contribution in [0.4, 0.5) is 5.82 Å². The van der Waals surface area contributed by atoms with E-state index < -0.39 is 5.41 Å². The normalized spacial score (nSPS) is 26.6. The van der Waals surface area contributed by atoms with Gasteiger partial charge in [0.05, 0.1) is 18.9 Å². The van der Waals surface area contributed by atoms with Crippen LogP contribution < -0.4 is 4.90 Å². The number of hydrogen-bond donors (Lipinski definition) is 0. The van der Waals surface area contributed by atoms with Gasteiger partial charge in [-0.25, -0.2) is 4.98 Å². The van der Waals surface area contributed by atoms with Gasteiger partial charge in [0, 0.05) is 13.1 Å². The molecule has 1 aromatic carbocycles. The summed E-state index contributed by atoms with van der Waals surface area (Å²) in [6.45, 7) is 5.02. The number of morpholine rings is 1. The zero-order valence-electron chi connectivity index (χ0n) is 13.6. The summed E-state index contributed by atoms with van der Waals surface area (Å²) in [4.78, 5) is 19.2. The van der Waals surface area contributed by atoms with Crippen LogP contribution in [-0.2, 0) is 19.7 Å². The number of pyridine rings is 1. The van der Waals surface area contributed by atoms with Crippen molar-refractivity contribution in [2.75, 3.05) is 31.2 Å². The van der Waals surface area contributed by atoms with Crippen molar-refractivity contribution in [3.8, 4) is 0 Å². The zero-order chi connectivity index (χ0) is 16.6. The van der Waals surface area contributed by atoms with E-state index in [2.05, 4.69) is 4.90 Å². The molecule has 0 unspecified atom stereocenters. The molecule has 0 N–H and O–H groups in total. The van der Waals surface area contributed by atoms with Crippen LogP contribution in [-0.4, -0.2) is 37.3 Å². The van der Waals surface area contributed by atoms with Gasteiger partial charge in [0.25, 0.3) is 0 Å². The van der Waals surface area contributed by atoms with Gasteiger partial charge < -0.3 is 14.4 Å². The molecule has 2 aromatic rings. The number of anilines is 1. The molecular formula is C19H20N2O3. The predicted molar refractivity (Wildman–Crippen MR) is 89.9 cm³/mol. The molecule has 3 heterocycles. The largest absolute Gasteiger partial charge is 0.453 e. The fourth-order valence-electron chi connectivity index (χ4n) is 3.36. The van der Waals surface area contributed by atoms with Gasteiger partial charge in [-0.1, -0.05) is 36.4 Å². The van der Waals surface area contributed by atoms with Gasteiger partial charge in [0.15, 0.2) is 6.10 Å². The number of aromatic nitrogens is 1. The average molecular weight is 324 g/mol. The number of carbonyl (C=O) groups is 1. The molecule has 0 bridgehead atoms. The second-order valence-electron chi connectivity index (χ2n) is 6.37. The number of nitrogens with zero attached hydrogens (tertiary/aromatic N) is 2.